The Bertz CT molecular complexity index is 604. The van der Waals surface area contributed by atoms with Crippen LogP contribution in [0.4, 0.5) is 10.1 Å². The van der Waals surface area contributed by atoms with Gasteiger partial charge in [0.05, 0.1) is 16.8 Å². The molecule has 0 spiro atoms. The number of anilines is 1. The van der Waals surface area contributed by atoms with E-state index < -0.39 is 11.7 Å². The predicted octanol–water partition coefficient (Wildman–Crippen LogP) is 2.83. The second-order valence-electron chi connectivity index (χ2n) is 3.51. The van der Waals surface area contributed by atoms with Crippen LogP contribution < -0.4 is 5.32 Å². The number of rotatable bonds is 2. The molecule has 18 heavy (non-hydrogen) atoms. The number of hydrogen-bond acceptors (Lipinski definition) is 3. The minimum atomic E-state index is -0.622. The number of halogens is 2. The number of amides is 1. The van der Waals surface area contributed by atoms with Gasteiger partial charge >= 0.3 is 0 Å². The van der Waals surface area contributed by atoms with Crippen LogP contribution >= 0.6 is 11.6 Å². The maximum absolute atomic E-state index is 13.2. The number of aromatic hydroxyl groups is 1. The van der Waals surface area contributed by atoms with Crippen molar-refractivity contribution < 1.29 is 14.3 Å². The molecule has 0 aliphatic rings. The number of aromatic nitrogens is 1. The number of pyridine rings is 1. The van der Waals surface area contributed by atoms with E-state index >= 15 is 0 Å². The van der Waals surface area contributed by atoms with Crippen LogP contribution in [0.5, 0.6) is 5.75 Å². The summed E-state index contributed by atoms with van der Waals surface area (Å²) in [5.41, 5.74) is 0.440. The zero-order chi connectivity index (χ0) is 13.1. The molecule has 92 valence electrons. The lowest BCUT2D eigenvalue weighted by atomic mass is 10.2. The van der Waals surface area contributed by atoms with Gasteiger partial charge in [0.25, 0.3) is 5.91 Å². The van der Waals surface area contributed by atoms with Crippen molar-refractivity contribution in [2.75, 3.05) is 5.32 Å². The SMILES string of the molecule is O=C(Nc1ccc(Cl)c(F)c1)c1cncc(O)c1. The van der Waals surface area contributed by atoms with Crippen LogP contribution in [-0.2, 0) is 0 Å². The molecule has 2 aromatic rings. The van der Waals surface area contributed by atoms with Crippen LogP contribution in [0.15, 0.2) is 36.7 Å². The molecule has 0 aliphatic heterocycles. The van der Waals surface area contributed by atoms with Gasteiger partial charge in [-0.15, -0.1) is 0 Å². The van der Waals surface area contributed by atoms with Gasteiger partial charge in [0, 0.05) is 11.9 Å². The first kappa shape index (κ1) is 12.3. The third-order valence-corrected chi connectivity index (χ3v) is 2.47. The summed E-state index contributed by atoms with van der Waals surface area (Å²) in [6.45, 7) is 0. The Kier molecular flexibility index (Phi) is 3.43. The van der Waals surface area contributed by atoms with E-state index in [0.29, 0.717) is 0 Å². The summed E-state index contributed by atoms with van der Waals surface area (Å²) in [6, 6.07) is 5.18. The summed E-state index contributed by atoms with van der Waals surface area (Å²) >= 11 is 5.52. The molecule has 1 aromatic heterocycles. The van der Waals surface area contributed by atoms with Crippen molar-refractivity contribution in [2.24, 2.45) is 0 Å². The molecule has 1 amide bonds. The highest BCUT2D eigenvalue weighted by molar-refractivity contribution is 6.30. The first-order valence-corrected chi connectivity index (χ1v) is 5.34. The van der Waals surface area contributed by atoms with Crippen LogP contribution in [0.1, 0.15) is 10.4 Å². The molecule has 6 heteroatoms. The highest BCUT2D eigenvalue weighted by Gasteiger charge is 2.08. The quantitative estimate of drug-likeness (QED) is 0.879. The third-order valence-electron chi connectivity index (χ3n) is 2.16. The monoisotopic (exact) mass is 266 g/mol. The van der Waals surface area contributed by atoms with Crippen molar-refractivity contribution in [2.45, 2.75) is 0 Å². The Morgan fingerprint density at radius 1 is 1.33 bits per heavy atom. The molecule has 0 unspecified atom stereocenters. The van der Waals surface area contributed by atoms with Crippen molar-refractivity contribution in [1.82, 2.24) is 4.98 Å². The summed E-state index contributed by atoms with van der Waals surface area (Å²) in [5, 5.41) is 11.6. The number of nitrogens with one attached hydrogen (secondary N) is 1. The molecule has 0 saturated carbocycles. The van der Waals surface area contributed by atoms with Gasteiger partial charge in [-0.1, -0.05) is 11.6 Å². The van der Waals surface area contributed by atoms with Crippen LogP contribution in [0.25, 0.3) is 0 Å². The first-order valence-electron chi connectivity index (χ1n) is 4.96. The lowest BCUT2D eigenvalue weighted by Crippen LogP contribution is -2.12. The highest BCUT2D eigenvalue weighted by atomic mass is 35.5. The van der Waals surface area contributed by atoms with E-state index in [0.717, 1.165) is 6.07 Å². The molecular formula is C12H8ClFN2O2. The maximum atomic E-state index is 13.2. The summed E-state index contributed by atoms with van der Waals surface area (Å²) in [6.07, 6.45) is 2.50. The average molecular weight is 267 g/mol. The van der Waals surface area contributed by atoms with E-state index in [1.165, 1.54) is 30.6 Å². The maximum Gasteiger partial charge on any atom is 0.257 e. The largest absolute Gasteiger partial charge is 0.506 e. The lowest BCUT2D eigenvalue weighted by molar-refractivity contribution is 0.102. The summed E-state index contributed by atoms with van der Waals surface area (Å²) in [5.74, 6) is -1.24. The molecule has 0 aliphatic carbocycles. The van der Waals surface area contributed by atoms with Crippen molar-refractivity contribution in [1.29, 1.82) is 0 Å². The molecular weight excluding hydrogens is 259 g/mol. The standard InChI is InChI=1S/C12H8ClFN2O2/c13-10-2-1-8(4-11(10)14)16-12(18)7-3-9(17)6-15-5-7/h1-6,17H,(H,16,18). The summed E-state index contributed by atoms with van der Waals surface area (Å²) < 4.78 is 13.2. The van der Waals surface area contributed by atoms with Crippen molar-refractivity contribution in [3.05, 3.63) is 53.1 Å². The van der Waals surface area contributed by atoms with E-state index in [1.54, 1.807) is 0 Å². The highest BCUT2D eigenvalue weighted by Crippen LogP contribution is 2.19. The van der Waals surface area contributed by atoms with E-state index in [9.17, 15) is 14.3 Å². The van der Waals surface area contributed by atoms with Gasteiger partial charge in [0.15, 0.2) is 0 Å². The minimum Gasteiger partial charge on any atom is -0.506 e. The summed E-state index contributed by atoms with van der Waals surface area (Å²) in [4.78, 5) is 15.4. The second kappa shape index (κ2) is 5.01. The third kappa shape index (κ3) is 2.75. The fourth-order valence-electron chi connectivity index (χ4n) is 1.33. The molecule has 0 saturated heterocycles. The minimum absolute atomic E-state index is 0.0213. The zero-order valence-corrected chi connectivity index (χ0v) is 9.78. The van der Waals surface area contributed by atoms with E-state index in [2.05, 4.69) is 10.3 Å². The van der Waals surface area contributed by atoms with Gasteiger partial charge in [-0.25, -0.2) is 4.39 Å². The van der Waals surface area contributed by atoms with Gasteiger partial charge in [0.2, 0.25) is 0 Å². The van der Waals surface area contributed by atoms with Crippen molar-refractivity contribution in [3.8, 4) is 5.75 Å². The van der Waals surface area contributed by atoms with Crippen molar-refractivity contribution >= 4 is 23.2 Å². The Morgan fingerprint density at radius 3 is 2.78 bits per heavy atom. The Labute approximate surface area is 107 Å². The van der Waals surface area contributed by atoms with Gasteiger partial charge in [-0.3, -0.25) is 9.78 Å². The van der Waals surface area contributed by atoms with Gasteiger partial charge in [-0.2, -0.15) is 0 Å². The van der Waals surface area contributed by atoms with Crippen LogP contribution in [0.3, 0.4) is 0 Å². The van der Waals surface area contributed by atoms with Crippen LogP contribution in [-0.4, -0.2) is 16.0 Å². The smallest absolute Gasteiger partial charge is 0.257 e. The van der Waals surface area contributed by atoms with E-state index in [1.807, 2.05) is 0 Å². The molecule has 1 aromatic carbocycles. The molecule has 2 rings (SSSR count). The number of carbonyl (C=O) groups excluding carboxylic acids is 1. The second-order valence-corrected chi connectivity index (χ2v) is 3.92. The fourth-order valence-corrected chi connectivity index (χ4v) is 1.45. The number of carbonyl (C=O) groups is 1. The Hall–Kier alpha value is -2.14. The number of nitrogens with zero attached hydrogens (tertiary/aromatic N) is 1. The van der Waals surface area contributed by atoms with Gasteiger partial charge < -0.3 is 10.4 Å². The molecule has 1 heterocycles. The Balaban J connectivity index is 2.18. The van der Waals surface area contributed by atoms with Gasteiger partial charge in [0.1, 0.15) is 11.6 Å². The number of benzene rings is 1. The zero-order valence-electron chi connectivity index (χ0n) is 9.02. The van der Waals surface area contributed by atoms with Crippen LogP contribution in [0.2, 0.25) is 5.02 Å². The van der Waals surface area contributed by atoms with E-state index in [4.69, 9.17) is 11.6 Å². The van der Waals surface area contributed by atoms with E-state index in [-0.39, 0.29) is 22.0 Å². The first-order chi connectivity index (χ1) is 8.56. The number of hydrogen-bond donors (Lipinski definition) is 2. The summed E-state index contributed by atoms with van der Waals surface area (Å²) in [7, 11) is 0. The molecule has 0 bridgehead atoms. The lowest BCUT2D eigenvalue weighted by Gasteiger charge is -2.05. The predicted molar refractivity (Wildman–Crippen MR) is 65.3 cm³/mol. The van der Waals surface area contributed by atoms with Crippen molar-refractivity contribution in [3.63, 3.8) is 0 Å². The molecule has 0 fully saturated rings. The molecule has 0 atom stereocenters. The van der Waals surface area contributed by atoms with Gasteiger partial charge in [-0.05, 0) is 24.3 Å². The topological polar surface area (TPSA) is 62.2 Å². The normalized spacial score (nSPS) is 10.1. The van der Waals surface area contributed by atoms with Crippen LogP contribution in [0, 0.1) is 5.82 Å². The molecule has 4 nitrogen and oxygen atoms in total. The molecule has 2 N–H and O–H groups in total. The average Bonchev–Trinajstić information content (AvgIpc) is 2.34. The fraction of sp³-hybridized carbons (Fsp3) is 0. The molecule has 0 radical (unpaired) electrons. The Morgan fingerprint density at radius 2 is 2.11 bits per heavy atom.